The van der Waals surface area contributed by atoms with E-state index in [9.17, 15) is 4.79 Å². The van der Waals surface area contributed by atoms with Gasteiger partial charge in [0.05, 0.1) is 11.3 Å². The van der Waals surface area contributed by atoms with Gasteiger partial charge < -0.3 is 0 Å². The van der Waals surface area contributed by atoms with Crippen LogP contribution >= 0.6 is 15.9 Å². The molecule has 1 aliphatic carbocycles. The molecule has 1 saturated carbocycles. The SMILES string of the molecule is O=Cc1cn(-c2ccc(Br)cn2)nc1C1CCCC1. The third kappa shape index (κ3) is 2.47. The van der Waals surface area contributed by atoms with Crippen molar-refractivity contribution in [2.24, 2.45) is 0 Å². The molecule has 1 aliphatic rings. The fraction of sp³-hybridized carbons (Fsp3) is 0.357. The first-order valence-electron chi connectivity index (χ1n) is 6.44. The minimum atomic E-state index is 0.428. The van der Waals surface area contributed by atoms with Crippen LogP contribution in [-0.2, 0) is 0 Å². The van der Waals surface area contributed by atoms with Crippen LogP contribution in [0.15, 0.2) is 29.0 Å². The zero-order valence-corrected chi connectivity index (χ0v) is 12.0. The second kappa shape index (κ2) is 5.25. The molecular formula is C14H14BrN3O. The molecule has 5 heteroatoms. The van der Waals surface area contributed by atoms with Crippen molar-refractivity contribution in [3.63, 3.8) is 0 Å². The lowest BCUT2D eigenvalue weighted by Gasteiger charge is -2.05. The van der Waals surface area contributed by atoms with Crippen LogP contribution in [0.1, 0.15) is 47.7 Å². The van der Waals surface area contributed by atoms with Crippen LogP contribution in [0, 0.1) is 0 Å². The summed E-state index contributed by atoms with van der Waals surface area (Å²) in [5.41, 5.74) is 1.62. The summed E-state index contributed by atoms with van der Waals surface area (Å²) in [5.74, 6) is 1.16. The van der Waals surface area contributed by atoms with E-state index in [0.29, 0.717) is 11.5 Å². The molecule has 1 fully saturated rings. The molecule has 2 aromatic heterocycles. The fourth-order valence-electron chi connectivity index (χ4n) is 2.63. The summed E-state index contributed by atoms with van der Waals surface area (Å²) in [6, 6.07) is 3.80. The second-order valence-corrected chi connectivity index (χ2v) is 5.76. The molecule has 0 amide bonds. The van der Waals surface area contributed by atoms with Crippen molar-refractivity contribution < 1.29 is 4.79 Å². The molecule has 0 N–H and O–H groups in total. The van der Waals surface area contributed by atoms with E-state index < -0.39 is 0 Å². The quantitative estimate of drug-likeness (QED) is 0.813. The fourth-order valence-corrected chi connectivity index (χ4v) is 2.86. The maximum absolute atomic E-state index is 11.2. The lowest BCUT2D eigenvalue weighted by Crippen LogP contribution is -2.01. The topological polar surface area (TPSA) is 47.8 Å². The van der Waals surface area contributed by atoms with E-state index in [0.717, 1.165) is 35.1 Å². The molecule has 0 aromatic carbocycles. The van der Waals surface area contributed by atoms with Crippen LogP contribution in [0.5, 0.6) is 0 Å². The first-order valence-corrected chi connectivity index (χ1v) is 7.24. The van der Waals surface area contributed by atoms with Crippen LogP contribution in [-0.4, -0.2) is 21.1 Å². The van der Waals surface area contributed by atoms with Gasteiger partial charge in [-0.15, -0.1) is 0 Å². The number of hydrogen-bond acceptors (Lipinski definition) is 3. The Morgan fingerprint density at radius 3 is 2.74 bits per heavy atom. The Balaban J connectivity index is 1.98. The zero-order chi connectivity index (χ0) is 13.2. The summed E-state index contributed by atoms with van der Waals surface area (Å²) in [6.07, 6.45) is 9.12. The lowest BCUT2D eigenvalue weighted by atomic mass is 10.0. The molecule has 0 saturated heterocycles. The third-order valence-corrected chi connectivity index (χ3v) is 4.06. The lowest BCUT2D eigenvalue weighted by molar-refractivity contribution is 0.112. The molecule has 98 valence electrons. The summed E-state index contributed by atoms with van der Waals surface area (Å²) in [7, 11) is 0. The molecular weight excluding hydrogens is 306 g/mol. The normalized spacial score (nSPS) is 15.8. The number of aldehydes is 1. The van der Waals surface area contributed by atoms with Gasteiger partial charge in [0.2, 0.25) is 0 Å². The highest BCUT2D eigenvalue weighted by atomic mass is 79.9. The van der Waals surface area contributed by atoms with E-state index >= 15 is 0 Å². The van der Waals surface area contributed by atoms with E-state index in [1.165, 1.54) is 12.8 Å². The summed E-state index contributed by atoms with van der Waals surface area (Å²) in [4.78, 5) is 15.5. The smallest absolute Gasteiger partial charge is 0.153 e. The number of halogens is 1. The highest BCUT2D eigenvalue weighted by Gasteiger charge is 2.23. The average Bonchev–Trinajstić information content (AvgIpc) is 3.08. The summed E-state index contributed by atoms with van der Waals surface area (Å²) >= 11 is 3.36. The Morgan fingerprint density at radius 1 is 1.32 bits per heavy atom. The Labute approximate surface area is 120 Å². The predicted molar refractivity (Wildman–Crippen MR) is 75.7 cm³/mol. The average molecular weight is 320 g/mol. The van der Waals surface area contributed by atoms with E-state index in [-0.39, 0.29) is 0 Å². The molecule has 2 heterocycles. The summed E-state index contributed by atoms with van der Waals surface area (Å²) in [6.45, 7) is 0. The van der Waals surface area contributed by atoms with Gasteiger partial charge in [0, 0.05) is 22.8 Å². The van der Waals surface area contributed by atoms with Gasteiger partial charge >= 0.3 is 0 Å². The molecule has 0 atom stereocenters. The number of rotatable bonds is 3. The van der Waals surface area contributed by atoms with Gasteiger partial charge in [0.1, 0.15) is 0 Å². The monoisotopic (exact) mass is 319 g/mol. The molecule has 0 bridgehead atoms. The number of hydrogen-bond donors (Lipinski definition) is 0. The maximum Gasteiger partial charge on any atom is 0.153 e. The van der Waals surface area contributed by atoms with Crippen LogP contribution in [0.25, 0.3) is 5.82 Å². The summed E-state index contributed by atoms with van der Waals surface area (Å²) in [5, 5.41) is 4.57. The molecule has 19 heavy (non-hydrogen) atoms. The first kappa shape index (κ1) is 12.5. The molecule has 2 aromatic rings. The molecule has 3 rings (SSSR count). The van der Waals surface area contributed by atoms with Crippen molar-refractivity contribution in [1.29, 1.82) is 0 Å². The minimum absolute atomic E-state index is 0.428. The molecule has 0 spiro atoms. The Morgan fingerprint density at radius 2 is 2.11 bits per heavy atom. The highest BCUT2D eigenvalue weighted by molar-refractivity contribution is 9.10. The molecule has 0 radical (unpaired) electrons. The van der Waals surface area contributed by atoms with Gasteiger partial charge in [0.25, 0.3) is 0 Å². The Hall–Kier alpha value is -1.49. The van der Waals surface area contributed by atoms with E-state index in [1.54, 1.807) is 17.1 Å². The molecule has 4 nitrogen and oxygen atoms in total. The van der Waals surface area contributed by atoms with Crippen molar-refractivity contribution in [2.75, 3.05) is 0 Å². The largest absolute Gasteiger partial charge is 0.298 e. The highest BCUT2D eigenvalue weighted by Crippen LogP contribution is 2.34. The van der Waals surface area contributed by atoms with Gasteiger partial charge in [-0.1, -0.05) is 12.8 Å². The van der Waals surface area contributed by atoms with Gasteiger partial charge in [-0.2, -0.15) is 5.10 Å². The van der Waals surface area contributed by atoms with Crippen LogP contribution < -0.4 is 0 Å². The number of aromatic nitrogens is 3. The predicted octanol–water partition coefficient (Wildman–Crippen LogP) is 3.50. The van der Waals surface area contributed by atoms with Gasteiger partial charge in [-0.25, -0.2) is 9.67 Å². The Kier molecular flexibility index (Phi) is 3.46. The van der Waals surface area contributed by atoms with Crippen molar-refractivity contribution in [3.8, 4) is 5.82 Å². The first-order chi connectivity index (χ1) is 9.28. The van der Waals surface area contributed by atoms with Crippen molar-refractivity contribution in [1.82, 2.24) is 14.8 Å². The van der Waals surface area contributed by atoms with Crippen molar-refractivity contribution in [2.45, 2.75) is 31.6 Å². The molecule has 0 unspecified atom stereocenters. The van der Waals surface area contributed by atoms with Gasteiger partial charge in [0.15, 0.2) is 12.1 Å². The minimum Gasteiger partial charge on any atom is -0.298 e. The molecule has 0 aliphatic heterocycles. The Bertz CT molecular complexity index is 585. The third-order valence-electron chi connectivity index (χ3n) is 3.59. The van der Waals surface area contributed by atoms with E-state index in [1.807, 2.05) is 12.1 Å². The number of pyridine rings is 1. The van der Waals surface area contributed by atoms with Crippen molar-refractivity contribution in [3.05, 3.63) is 40.3 Å². The van der Waals surface area contributed by atoms with Gasteiger partial charge in [-0.05, 0) is 40.9 Å². The maximum atomic E-state index is 11.2. The van der Waals surface area contributed by atoms with Crippen LogP contribution in [0.2, 0.25) is 0 Å². The van der Waals surface area contributed by atoms with Crippen molar-refractivity contribution >= 4 is 22.2 Å². The van der Waals surface area contributed by atoms with Crippen LogP contribution in [0.3, 0.4) is 0 Å². The zero-order valence-electron chi connectivity index (χ0n) is 10.4. The van der Waals surface area contributed by atoms with Crippen LogP contribution in [0.4, 0.5) is 0 Å². The number of nitrogens with zero attached hydrogens (tertiary/aromatic N) is 3. The summed E-state index contributed by atoms with van der Waals surface area (Å²) < 4.78 is 2.62. The number of carbonyl (C=O) groups excluding carboxylic acids is 1. The van der Waals surface area contributed by atoms with E-state index in [4.69, 9.17) is 0 Å². The number of carbonyl (C=O) groups is 1. The second-order valence-electron chi connectivity index (χ2n) is 4.85. The van der Waals surface area contributed by atoms with E-state index in [2.05, 4.69) is 26.0 Å². The standard InChI is InChI=1S/C14H14BrN3O/c15-12-5-6-13(16-7-12)18-8-11(9-19)14(17-18)10-3-1-2-4-10/h5-10H,1-4H2. The van der Waals surface area contributed by atoms with Gasteiger partial charge in [-0.3, -0.25) is 4.79 Å².